The molecule has 1 N–H and O–H groups in total. The van der Waals surface area contributed by atoms with Crippen LogP contribution in [0.1, 0.15) is 31.7 Å². The second-order valence-corrected chi connectivity index (χ2v) is 4.99. The van der Waals surface area contributed by atoms with E-state index < -0.39 is 12.1 Å². The Kier molecular flexibility index (Phi) is 6.02. The molecule has 1 aliphatic rings. The van der Waals surface area contributed by atoms with Crippen LogP contribution < -0.4 is 4.74 Å². The number of benzene rings is 1. The zero-order valence-electron chi connectivity index (χ0n) is 12.3. The number of carbonyl (C=O) groups excluding carboxylic acids is 1. The van der Waals surface area contributed by atoms with Crippen molar-refractivity contribution in [3.8, 4) is 5.75 Å². The Labute approximate surface area is 124 Å². The number of rotatable bonds is 6. The first-order chi connectivity index (χ1) is 10.2. The van der Waals surface area contributed by atoms with E-state index in [1.54, 1.807) is 6.92 Å². The maximum atomic E-state index is 11.5. The lowest BCUT2D eigenvalue weighted by Gasteiger charge is -2.24. The van der Waals surface area contributed by atoms with E-state index in [1.165, 1.54) is 0 Å². The highest BCUT2D eigenvalue weighted by atomic mass is 16.7. The lowest BCUT2D eigenvalue weighted by atomic mass is 10.1. The van der Waals surface area contributed by atoms with Gasteiger partial charge in [-0.25, -0.2) is 4.79 Å². The molecule has 1 aromatic carbocycles. The van der Waals surface area contributed by atoms with Crippen molar-refractivity contribution in [2.45, 2.75) is 45.0 Å². The smallest absolute Gasteiger partial charge is 0.335 e. The molecule has 0 aromatic heterocycles. The quantitative estimate of drug-likeness (QED) is 0.814. The van der Waals surface area contributed by atoms with Crippen LogP contribution in [0.4, 0.5) is 0 Å². The first-order valence-corrected chi connectivity index (χ1v) is 7.41. The van der Waals surface area contributed by atoms with Crippen LogP contribution in [0.5, 0.6) is 5.75 Å². The molecule has 116 valence electrons. The topological polar surface area (TPSA) is 65.0 Å². The van der Waals surface area contributed by atoms with Gasteiger partial charge in [-0.3, -0.25) is 0 Å². The minimum Gasteiger partial charge on any atom is -0.465 e. The number of carbonyl (C=O) groups is 1. The van der Waals surface area contributed by atoms with E-state index in [0.717, 1.165) is 24.8 Å². The molecule has 21 heavy (non-hydrogen) atoms. The highest BCUT2D eigenvalue weighted by Gasteiger charge is 2.21. The minimum absolute atomic E-state index is 0.168. The number of hydrogen-bond donors (Lipinski definition) is 1. The number of para-hydroxylation sites is 1. The van der Waals surface area contributed by atoms with Gasteiger partial charge in [-0.15, -0.1) is 0 Å². The zero-order valence-corrected chi connectivity index (χ0v) is 12.3. The van der Waals surface area contributed by atoms with Crippen molar-refractivity contribution in [2.24, 2.45) is 0 Å². The summed E-state index contributed by atoms with van der Waals surface area (Å²) in [4.78, 5) is 11.5. The molecule has 1 aliphatic heterocycles. The Balaban J connectivity index is 2.00. The summed E-state index contributed by atoms with van der Waals surface area (Å²) in [5.74, 6) is 0.0361. The van der Waals surface area contributed by atoms with Crippen molar-refractivity contribution in [1.29, 1.82) is 0 Å². The van der Waals surface area contributed by atoms with Crippen molar-refractivity contribution in [3.63, 3.8) is 0 Å². The summed E-state index contributed by atoms with van der Waals surface area (Å²) in [5.41, 5.74) is 0.771. The molecule has 1 saturated heterocycles. The van der Waals surface area contributed by atoms with Gasteiger partial charge < -0.3 is 19.3 Å². The van der Waals surface area contributed by atoms with Gasteiger partial charge in [0, 0.05) is 12.8 Å². The lowest BCUT2D eigenvalue weighted by Crippen LogP contribution is -2.27. The number of hydrogen-bond acceptors (Lipinski definition) is 5. The fraction of sp³-hybridized carbons (Fsp3) is 0.562. The summed E-state index contributed by atoms with van der Waals surface area (Å²) in [6.45, 7) is 2.67. The van der Waals surface area contributed by atoms with Crippen LogP contribution in [-0.2, 0) is 20.7 Å². The normalized spacial score (nSPS) is 19.8. The molecule has 0 amide bonds. The molecular formula is C16H22O5. The van der Waals surface area contributed by atoms with E-state index in [9.17, 15) is 9.90 Å². The summed E-state index contributed by atoms with van der Waals surface area (Å²) in [6.07, 6.45) is 1.74. The summed E-state index contributed by atoms with van der Waals surface area (Å²) in [5, 5.41) is 9.87. The van der Waals surface area contributed by atoms with E-state index in [-0.39, 0.29) is 19.3 Å². The average Bonchev–Trinajstić information content (AvgIpc) is 2.50. The second-order valence-electron chi connectivity index (χ2n) is 4.99. The predicted molar refractivity (Wildman–Crippen MR) is 77.0 cm³/mol. The Morgan fingerprint density at radius 2 is 2.24 bits per heavy atom. The van der Waals surface area contributed by atoms with Gasteiger partial charge in [0.2, 0.25) is 0 Å². The van der Waals surface area contributed by atoms with E-state index in [0.29, 0.717) is 12.4 Å². The highest BCUT2D eigenvalue weighted by Crippen LogP contribution is 2.24. The average molecular weight is 294 g/mol. The molecule has 5 heteroatoms. The number of aliphatic hydroxyl groups is 1. The van der Waals surface area contributed by atoms with E-state index in [1.807, 2.05) is 24.3 Å². The Morgan fingerprint density at radius 1 is 1.43 bits per heavy atom. The second kappa shape index (κ2) is 8.00. The van der Waals surface area contributed by atoms with Crippen molar-refractivity contribution in [3.05, 3.63) is 29.8 Å². The maximum Gasteiger partial charge on any atom is 0.335 e. The zero-order chi connectivity index (χ0) is 15.1. The fourth-order valence-corrected chi connectivity index (χ4v) is 2.26. The van der Waals surface area contributed by atoms with Crippen LogP contribution in [0.2, 0.25) is 0 Å². The van der Waals surface area contributed by atoms with Crippen LogP contribution in [0.15, 0.2) is 24.3 Å². The first-order valence-electron chi connectivity index (χ1n) is 7.41. The molecule has 0 spiro atoms. The van der Waals surface area contributed by atoms with Gasteiger partial charge in [0.15, 0.2) is 12.4 Å². The molecule has 0 bridgehead atoms. The number of aliphatic hydroxyl groups excluding tert-OH is 1. The Bertz CT molecular complexity index is 454. The van der Waals surface area contributed by atoms with Gasteiger partial charge in [0.25, 0.3) is 0 Å². The van der Waals surface area contributed by atoms with Crippen molar-refractivity contribution < 1.29 is 24.1 Å². The highest BCUT2D eigenvalue weighted by molar-refractivity contribution is 5.74. The molecule has 1 heterocycles. The van der Waals surface area contributed by atoms with Crippen molar-refractivity contribution >= 4 is 5.97 Å². The maximum absolute atomic E-state index is 11.5. The van der Waals surface area contributed by atoms with Crippen LogP contribution in [0.3, 0.4) is 0 Å². The lowest BCUT2D eigenvalue weighted by molar-refractivity contribution is -0.152. The summed E-state index contributed by atoms with van der Waals surface area (Å²) >= 11 is 0. The SMILES string of the molecule is CCOC(=O)[C@H](O)Cc1ccccc1O[C@H]1CCCCO1. The Hall–Kier alpha value is -1.59. The molecule has 0 unspecified atom stereocenters. The van der Waals surface area contributed by atoms with E-state index >= 15 is 0 Å². The Morgan fingerprint density at radius 3 is 2.95 bits per heavy atom. The van der Waals surface area contributed by atoms with Crippen molar-refractivity contribution in [2.75, 3.05) is 13.2 Å². The number of esters is 1. The van der Waals surface area contributed by atoms with Gasteiger partial charge in [-0.1, -0.05) is 18.2 Å². The largest absolute Gasteiger partial charge is 0.465 e. The molecule has 2 rings (SSSR count). The standard InChI is InChI=1S/C16H22O5/c1-2-19-16(18)13(17)11-12-7-3-4-8-14(12)21-15-9-5-6-10-20-15/h3-4,7-8,13,15,17H,2,5-6,9-11H2,1H3/t13-,15+/m1/s1. The van der Waals surface area contributed by atoms with Gasteiger partial charge >= 0.3 is 5.97 Å². The molecule has 2 atom stereocenters. The molecule has 0 aliphatic carbocycles. The van der Waals surface area contributed by atoms with Gasteiger partial charge in [0.05, 0.1) is 13.2 Å². The van der Waals surface area contributed by atoms with E-state index in [2.05, 4.69) is 0 Å². The summed E-state index contributed by atoms with van der Waals surface area (Å²) < 4.78 is 16.2. The third kappa shape index (κ3) is 4.72. The molecule has 5 nitrogen and oxygen atoms in total. The minimum atomic E-state index is -1.18. The van der Waals surface area contributed by atoms with E-state index in [4.69, 9.17) is 14.2 Å². The van der Waals surface area contributed by atoms with Gasteiger partial charge in [-0.05, 0) is 31.4 Å². The molecule has 0 radical (unpaired) electrons. The molecule has 1 fully saturated rings. The summed E-state index contributed by atoms with van der Waals surface area (Å²) in [7, 11) is 0. The van der Waals surface area contributed by atoms with Gasteiger partial charge in [-0.2, -0.15) is 0 Å². The molecule has 0 saturated carbocycles. The third-order valence-electron chi connectivity index (χ3n) is 3.34. The third-order valence-corrected chi connectivity index (χ3v) is 3.34. The van der Waals surface area contributed by atoms with Crippen LogP contribution in [-0.4, -0.2) is 36.7 Å². The predicted octanol–water partition coefficient (Wildman–Crippen LogP) is 2.06. The first kappa shape index (κ1) is 15.8. The van der Waals surface area contributed by atoms with Crippen molar-refractivity contribution in [1.82, 2.24) is 0 Å². The van der Waals surface area contributed by atoms with Crippen LogP contribution >= 0.6 is 0 Å². The van der Waals surface area contributed by atoms with Crippen LogP contribution in [0.25, 0.3) is 0 Å². The fourth-order valence-electron chi connectivity index (χ4n) is 2.26. The van der Waals surface area contributed by atoms with Crippen LogP contribution in [0, 0.1) is 0 Å². The number of ether oxygens (including phenoxy) is 3. The summed E-state index contributed by atoms with van der Waals surface area (Å²) in [6, 6.07) is 7.37. The van der Waals surface area contributed by atoms with Gasteiger partial charge in [0.1, 0.15) is 5.75 Å². The monoisotopic (exact) mass is 294 g/mol. The molecular weight excluding hydrogens is 272 g/mol. The molecule has 1 aromatic rings.